The molecule has 0 rings (SSSR count). The van der Waals surface area contributed by atoms with Crippen molar-refractivity contribution in [3.8, 4) is 0 Å². The number of rotatable bonds is 7. The average molecular weight is 160 g/mol. The first-order chi connectivity index (χ1) is 5.31. The van der Waals surface area contributed by atoms with Crippen molar-refractivity contribution in [3.05, 3.63) is 0 Å². The van der Waals surface area contributed by atoms with Crippen molar-refractivity contribution in [2.24, 2.45) is 5.92 Å². The lowest BCUT2D eigenvalue weighted by atomic mass is 10.2. The van der Waals surface area contributed by atoms with Gasteiger partial charge in [0.2, 0.25) is 0 Å². The summed E-state index contributed by atoms with van der Waals surface area (Å²) in [6.45, 7) is 6.82. The molecule has 2 heteroatoms. The third-order valence-electron chi connectivity index (χ3n) is 1.50. The highest BCUT2D eigenvalue weighted by Crippen LogP contribution is 1.97. The van der Waals surface area contributed by atoms with Crippen LogP contribution in [0.1, 0.15) is 26.7 Å². The van der Waals surface area contributed by atoms with E-state index >= 15 is 0 Å². The molecule has 0 aromatic heterocycles. The Bertz CT molecular complexity index is 74.0. The van der Waals surface area contributed by atoms with Gasteiger partial charge < -0.3 is 9.47 Å². The van der Waals surface area contributed by atoms with Crippen LogP contribution in [-0.2, 0) is 9.47 Å². The van der Waals surface area contributed by atoms with Crippen LogP contribution < -0.4 is 0 Å². The molecule has 0 fully saturated rings. The standard InChI is InChI=1S/C9H20O2/c1-4-5-6-11-8-9(2)7-10-3/h9H,4-8H2,1-3H3. The van der Waals surface area contributed by atoms with E-state index in [1.54, 1.807) is 7.11 Å². The highest BCUT2D eigenvalue weighted by molar-refractivity contribution is 4.47. The largest absolute Gasteiger partial charge is 0.384 e. The zero-order valence-corrected chi connectivity index (χ0v) is 7.93. The van der Waals surface area contributed by atoms with E-state index in [-0.39, 0.29) is 0 Å². The van der Waals surface area contributed by atoms with Crippen LogP contribution in [0.3, 0.4) is 0 Å². The Hall–Kier alpha value is -0.0800. The minimum Gasteiger partial charge on any atom is -0.384 e. The van der Waals surface area contributed by atoms with Crippen molar-refractivity contribution >= 4 is 0 Å². The van der Waals surface area contributed by atoms with Crippen LogP contribution in [-0.4, -0.2) is 26.9 Å². The molecule has 0 aliphatic carbocycles. The summed E-state index contributed by atoms with van der Waals surface area (Å²) < 4.78 is 10.4. The molecule has 1 atom stereocenters. The number of hydrogen-bond acceptors (Lipinski definition) is 2. The Morgan fingerprint density at radius 1 is 1.27 bits per heavy atom. The molecule has 0 aliphatic heterocycles. The minimum absolute atomic E-state index is 0.525. The van der Waals surface area contributed by atoms with Gasteiger partial charge in [0.1, 0.15) is 0 Å². The summed E-state index contributed by atoms with van der Waals surface area (Å²) in [5, 5.41) is 0. The predicted molar refractivity (Wildman–Crippen MR) is 46.8 cm³/mol. The second kappa shape index (κ2) is 8.02. The summed E-state index contributed by atoms with van der Waals surface area (Å²) in [5.41, 5.74) is 0. The third-order valence-corrected chi connectivity index (χ3v) is 1.50. The van der Waals surface area contributed by atoms with Gasteiger partial charge >= 0.3 is 0 Å². The molecule has 0 bridgehead atoms. The normalized spacial score (nSPS) is 13.4. The molecule has 11 heavy (non-hydrogen) atoms. The number of ether oxygens (including phenoxy) is 2. The molecule has 0 spiro atoms. The molecule has 0 aliphatic rings. The third kappa shape index (κ3) is 7.82. The fraction of sp³-hybridized carbons (Fsp3) is 1.00. The van der Waals surface area contributed by atoms with E-state index < -0.39 is 0 Å². The van der Waals surface area contributed by atoms with E-state index in [2.05, 4.69) is 13.8 Å². The molecule has 0 saturated carbocycles. The van der Waals surface area contributed by atoms with Gasteiger partial charge in [0.15, 0.2) is 0 Å². The zero-order chi connectivity index (χ0) is 8.53. The van der Waals surface area contributed by atoms with Crippen molar-refractivity contribution in [2.45, 2.75) is 26.7 Å². The minimum atomic E-state index is 0.525. The van der Waals surface area contributed by atoms with Crippen LogP contribution >= 0.6 is 0 Å². The summed E-state index contributed by atoms with van der Waals surface area (Å²) in [6, 6.07) is 0. The van der Waals surface area contributed by atoms with Crippen LogP contribution in [0, 0.1) is 5.92 Å². The molecule has 2 nitrogen and oxygen atoms in total. The van der Waals surface area contributed by atoms with E-state index in [1.807, 2.05) is 0 Å². The molecule has 0 heterocycles. The van der Waals surface area contributed by atoms with Crippen LogP contribution in [0.25, 0.3) is 0 Å². The molecule has 0 aromatic rings. The van der Waals surface area contributed by atoms with Crippen LogP contribution in [0.15, 0.2) is 0 Å². The molecule has 0 saturated heterocycles. The summed E-state index contributed by atoms with van der Waals surface area (Å²) >= 11 is 0. The maximum Gasteiger partial charge on any atom is 0.0513 e. The molecule has 0 amide bonds. The van der Waals surface area contributed by atoms with Gasteiger partial charge in [-0.1, -0.05) is 20.3 Å². The van der Waals surface area contributed by atoms with Crippen LogP contribution in [0.2, 0.25) is 0 Å². The summed E-state index contributed by atoms with van der Waals surface area (Å²) in [5.74, 6) is 0.525. The Kier molecular flexibility index (Phi) is 7.96. The fourth-order valence-corrected chi connectivity index (χ4v) is 0.864. The van der Waals surface area contributed by atoms with E-state index in [4.69, 9.17) is 9.47 Å². The van der Waals surface area contributed by atoms with Gasteiger partial charge in [-0.3, -0.25) is 0 Å². The Labute approximate surface area is 69.9 Å². The summed E-state index contributed by atoms with van der Waals surface area (Å²) in [4.78, 5) is 0. The van der Waals surface area contributed by atoms with Gasteiger partial charge in [-0.25, -0.2) is 0 Å². The van der Waals surface area contributed by atoms with E-state index in [0.29, 0.717) is 5.92 Å². The second-order valence-electron chi connectivity index (χ2n) is 2.99. The first-order valence-corrected chi connectivity index (χ1v) is 4.38. The van der Waals surface area contributed by atoms with Gasteiger partial charge in [0.25, 0.3) is 0 Å². The highest BCUT2D eigenvalue weighted by Gasteiger charge is 1.99. The molecule has 1 unspecified atom stereocenters. The van der Waals surface area contributed by atoms with Gasteiger partial charge in [-0.05, 0) is 6.42 Å². The quantitative estimate of drug-likeness (QED) is 0.531. The summed E-state index contributed by atoms with van der Waals surface area (Å²) in [6.07, 6.45) is 2.37. The topological polar surface area (TPSA) is 18.5 Å². The zero-order valence-electron chi connectivity index (χ0n) is 7.93. The number of methoxy groups -OCH3 is 1. The van der Waals surface area contributed by atoms with Crippen molar-refractivity contribution in [3.63, 3.8) is 0 Å². The van der Waals surface area contributed by atoms with Gasteiger partial charge in [0.05, 0.1) is 13.2 Å². The van der Waals surface area contributed by atoms with Crippen molar-refractivity contribution in [1.82, 2.24) is 0 Å². The first kappa shape index (κ1) is 10.9. The Balaban J connectivity index is 2.97. The second-order valence-corrected chi connectivity index (χ2v) is 2.99. The monoisotopic (exact) mass is 160 g/mol. The van der Waals surface area contributed by atoms with Gasteiger partial charge in [-0.2, -0.15) is 0 Å². The number of hydrogen-bond donors (Lipinski definition) is 0. The average Bonchev–Trinajstić information content (AvgIpc) is 1.99. The van der Waals surface area contributed by atoms with Crippen molar-refractivity contribution < 1.29 is 9.47 Å². The van der Waals surface area contributed by atoms with Gasteiger partial charge in [-0.15, -0.1) is 0 Å². The van der Waals surface area contributed by atoms with E-state index in [9.17, 15) is 0 Å². The SMILES string of the molecule is CCCCOCC(C)COC. The van der Waals surface area contributed by atoms with Crippen molar-refractivity contribution in [2.75, 3.05) is 26.9 Å². The molecule has 0 aromatic carbocycles. The van der Waals surface area contributed by atoms with Crippen LogP contribution in [0.4, 0.5) is 0 Å². The summed E-state index contributed by atoms with van der Waals surface area (Å²) in [7, 11) is 1.72. The lowest BCUT2D eigenvalue weighted by Gasteiger charge is -2.09. The van der Waals surface area contributed by atoms with Gasteiger partial charge in [0, 0.05) is 19.6 Å². The molecular formula is C9H20O2. The molecular weight excluding hydrogens is 140 g/mol. The molecule has 68 valence electrons. The van der Waals surface area contributed by atoms with E-state index in [0.717, 1.165) is 19.8 Å². The maximum atomic E-state index is 5.41. The Morgan fingerprint density at radius 3 is 2.55 bits per heavy atom. The highest BCUT2D eigenvalue weighted by atomic mass is 16.5. The fourth-order valence-electron chi connectivity index (χ4n) is 0.864. The van der Waals surface area contributed by atoms with Crippen molar-refractivity contribution in [1.29, 1.82) is 0 Å². The Morgan fingerprint density at radius 2 is 2.00 bits per heavy atom. The van der Waals surface area contributed by atoms with Crippen LogP contribution in [0.5, 0.6) is 0 Å². The smallest absolute Gasteiger partial charge is 0.0513 e. The predicted octanol–water partition coefficient (Wildman–Crippen LogP) is 2.09. The maximum absolute atomic E-state index is 5.41. The lowest BCUT2D eigenvalue weighted by Crippen LogP contribution is -2.11. The molecule has 0 N–H and O–H groups in total. The number of unbranched alkanes of at least 4 members (excludes halogenated alkanes) is 1. The van der Waals surface area contributed by atoms with E-state index in [1.165, 1.54) is 12.8 Å². The lowest BCUT2D eigenvalue weighted by molar-refractivity contribution is 0.0634. The first-order valence-electron chi connectivity index (χ1n) is 4.38. The molecule has 0 radical (unpaired) electrons.